The van der Waals surface area contributed by atoms with Gasteiger partial charge in [0.05, 0.1) is 12.2 Å². The van der Waals surface area contributed by atoms with Gasteiger partial charge in [0.25, 0.3) is 0 Å². The molecule has 0 aliphatic carbocycles. The third-order valence-corrected chi connectivity index (χ3v) is 4.81. The van der Waals surface area contributed by atoms with Gasteiger partial charge >= 0.3 is 0 Å². The summed E-state index contributed by atoms with van der Waals surface area (Å²) >= 11 is 0. The van der Waals surface area contributed by atoms with Crippen molar-refractivity contribution < 1.29 is 9.84 Å². The fourth-order valence-corrected chi connectivity index (χ4v) is 3.41. The van der Waals surface area contributed by atoms with Crippen molar-refractivity contribution in [1.29, 1.82) is 0 Å². The predicted molar refractivity (Wildman–Crippen MR) is 74.2 cm³/mol. The van der Waals surface area contributed by atoms with Crippen LogP contribution in [0.5, 0.6) is 5.75 Å². The van der Waals surface area contributed by atoms with E-state index < -0.39 is 5.60 Å². The van der Waals surface area contributed by atoms with Crippen LogP contribution in [0, 0.1) is 5.41 Å². The number of hydrogen-bond donors (Lipinski definition) is 3. The Labute approximate surface area is 114 Å². The molecule has 0 spiro atoms. The van der Waals surface area contributed by atoms with Crippen LogP contribution in [0.15, 0.2) is 24.3 Å². The lowest BCUT2D eigenvalue weighted by atomic mass is 9.64. The maximum Gasteiger partial charge on any atom is 0.122 e. The lowest BCUT2D eigenvalue weighted by Gasteiger charge is -2.50. The van der Waals surface area contributed by atoms with Gasteiger partial charge in [0.15, 0.2) is 0 Å². The molecule has 1 atom stereocenters. The van der Waals surface area contributed by atoms with Gasteiger partial charge in [-0.3, -0.25) is 0 Å². The molecule has 1 aromatic rings. The standard InChI is InChI=1S/C15H22N2O2/c16-10-14(15(18)5-7-17-8-6-15)9-12-3-1-2-4-13(12)19-11-14/h1-4,17-18H,5-11,16H2. The number of benzene rings is 1. The van der Waals surface area contributed by atoms with E-state index in [4.69, 9.17) is 10.5 Å². The molecule has 1 aromatic carbocycles. The van der Waals surface area contributed by atoms with Crippen LogP contribution in [0.3, 0.4) is 0 Å². The van der Waals surface area contributed by atoms with E-state index in [1.54, 1.807) is 0 Å². The number of nitrogens with two attached hydrogens (primary N) is 1. The van der Waals surface area contributed by atoms with Crippen molar-refractivity contribution in [2.75, 3.05) is 26.2 Å². The molecule has 0 saturated carbocycles. The highest BCUT2D eigenvalue weighted by molar-refractivity contribution is 5.37. The van der Waals surface area contributed by atoms with E-state index in [1.807, 2.05) is 18.2 Å². The fourth-order valence-electron chi connectivity index (χ4n) is 3.41. The first-order chi connectivity index (χ1) is 9.19. The molecule has 104 valence electrons. The minimum Gasteiger partial charge on any atom is -0.493 e. The van der Waals surface area contributed by atoms with Crippen LogP contribution in [0.25, 0.3) is 0 Å². The Morgan fingerprint density at radius 1 is 1.26 bits per heavy atom. The van der Waals surface area contributed by atoms with Gasteiger partial charge in [0.1, 0.15) is 5.75 Å². The molecule has 2 heterocycles. The number of para-hydroxylation sites is 1. The van der Waals surface area contributed by atoms with Crippen LogP contribution in [-0.4, -0.2) is 36.9 Å². The molecule has 1 fully saturated rings. The second kappa shape index (κ2) is 4.78. The first-order valence-electron chi connectivity index (χ1n) is 7.03. The third kappa shape index (κ3) is 2.04. The molecular formula is C15H22N2O2. The first-order valence-corrected chi connectivity index (χ1v) is 7.03. The molecule has 19 heavy (non-hydrogen) atoms. The summed E-state index contributed by atoms with van der Waals surface area (Å²) in [5, 5.41) is 14.4. The largest absolute Gasteiger partial charge is 0.493 e. The van der Waals surface area contributed by atoms with Gasteiger partial charge in [0, 0.05) is 12.0 Å². The van der Waals surface area contributed by atoms with Gasteiger partial charge in [-0.2, -0.15) is 0 Å². The normalized spacial score (nSPS) is 29.4. The van der Waals surface area contributed by atoms with Gasteiger partial charge in [-0.25, -0.2) is 0 Å². The highest BCUT2D eigenvalue weighted by atomic mass is 16.5. The smallest absolute Gasteiger partial charge is 0.122 e. The van der Waals surface area contributed by atoms with E-state index in [2.05, 4.69) is 11.4 Å². The Hall–Kier alpha value is -1.10. The van der Waals surface area contributed by atoms with E-state index >= 15 is 0 Å². The molecule has 0 radical (unpaired) electrons. The average Bonchev–Trinajstić information content (AvgIpc) is 2.47. The summed E-state index contributed by atoms with van der Waals surface area (Å²) in [6.45, 7) is 2.66. The summed E-state index contributed by atoms with van der Waals surface area (Å²) in [6.07, 6.45) is 2.29. The van der Waals surface area contributed by atoms with E-state index in [0.29, 0.717) is 13.2 Å². The molecule has 0 bridgehead atoms. The van der Waals surface area contributed by atoms with Gasteiger partial charge < -0.3 is 20.9 Å². The van der Waals surface area contributed by atoms with E-state index in [1.165, 1.54) is 0 Å². The van der Waals surface area contributed by atoms with Crippen molar-refractivity contribution >= 4 is 0 Å². The van der Waals surface area contributed by atoms with Crippen LogP contribution in [0.2, 0.25) is 0 Å². The Balaban J connectivity index is 1.93. The Morgan fingerprint density at radius 2 is 2.00 bits per heavy atom. The van der Waals surface area contributed by atoms with E-state index in [0.717, 1.165) is 43.7 Å². The minimum atomic E-state index is -0.722. The van der Waals surface area contributed by atoms with Crippen LogP contribution in [0.4, 0.5) is 0 Å². The highest BCUT2D eigenvalue weighted by Crippen LogP contribution is 2.44. The van der Waals surface area contributed by atoms with Gasteiger partial charge in [-0.1, -0.05) is 18.2 Å². The summed E-state index contributed by atoms with van der Waals surface area (Å²) in [5.41, 5.74) is 6.13. The molecule has 4 heteroatoms. The molecule has 0 aromatic heterocycles. The number of fused-ring (bicyclic) bond motifs is 1. The van der Waals surface area contributed by atoms with Gasteiger partial charge in [-0.05, 0) is 44.0 Å². The molecule has 2 aliphatic heterocycles. The number of piperidine rings is 1. The molecule has 3 rings (SSSR count). The quantitative estimate of drug-likeness (QED) is 0.733. The minimum absolute atomic E-state index is 0.358. The monoisotopic (exact) mass is 262 g/mol. The Kier molecular flexibility index (Phi) is 3.25. The lowest BCUT2D eigenvalue weighted by molar-refractivity contribution is -0.123. The number of aliphatic hydroxyl groups is 1. The average molecular weight is 262 g/mol. The van der Waals surface area contributed by atoms with Crippen molar-refractivity contribution in [2.45, 2.75) is 24.9 Å². The van der Waals surface area contributed by atoms with Crippen molar-refractivity contribution in [3.8, 4) is 5.75 Å². The SMILES string of the molecule is NCC1(C2(O)CCNCC2)COc2ccccc2C1. The first kappa shape index (κ1) is 12.9. The van der Waals surface area contributed by atoms with Crippen LogP contribution < -0.4 is 15.8 Å². The lowest BCUT2D eigenvalue weighted by Crippen LogP contribution is -2.61. The van der Waals surface area contributed by atoms with E-state index in [-0.39, 0.29) is 5.41 Å². The number of rotatable bonds is 2. The zero-order valence-corrected chi connectivity index (χ0v) is 11.2. The molecule has 0 amide bonds. The maximum absolute atomic E-state index is 11.1. The van der Waals surface area contributed by atoms with Crippen molar-refractivity contribution in [1.82, 2.24) is 5.32 Å². The topological polar surface area (TPSA) is 67.5 Å². The molecule has 4 N–H and O–H groups in total. The van der Waals surface area contributed by atoms with Crippen LogP contribution in [0.1, 0.15) is 18.4 Å². The molecule has 1 saturated heterocycles. The Morgan fingerprint density at radius 3 is 2.74 bits per heavy atom. The van der Waals surface area contributed by atoms with E-state index in [9.17, 15) is 5.11 Å². The van der Waals surface area contributed by atoms with Gasteiger partial charge in [-0.15, -0.1) is 0 Å². The van der Waals surface area contributed by atoms with Crippen molar-refractivity contribution in [3.05, 3.63) is 29.8 Å². The summed E-state index contributed by atoms with van der Waals surface area (Å²) in [5.74, 6) is 0.934. The highest BCUT2D eigenvalue weighted by Gasteiger charge is 2.52. The summed E-state index contributed by atoms with van der Waals surface area (Å²) in [6, 6.07) is 8.06. The molecule has 4 nitrogen and oxygen atoms in total. The third-order valence-electron chi connectivity index (χ3n) is 4.81. The zero-order chi connectivity index (χ0) is 13.3. The summed E-state index contributed by atoms with van der Waals surface area (Å²) in [7, 11) is 0. The van der Waals surface area contributed by atoms with Crippen LogP contribution in [-0.2, 0) is 6.42 Å². The number of hydrogen-bond acceptors (Lipinski definition) is 4. The predicted octanol–water partition coefficient (Wildman–Crippen LogP) is 0.681. The number of ether oxygens (including phenoxy) is 1. The molecule has 1 unspecified atom stereocenters. The molecule has 2 aliphatic rings. The summed E-state index contributed by atoms with van der Waals surface area (Å²) < 4.78 is 5.89. The zero-order valence-electron chi connectivity index (χ0n) is 11.2. The van der Waals surface area contributed by atoms with Crippen LogP contribution >= 0.6 is 0 Å². The molecular weight excluding hydrogens is 240 g/mol. The fraction of sp³-hybridized carbons (Fsp3) is 0.600. The van der Waals surface area contributed by atoms with Crippen molar-refractivity contribution in [3.63, 3.8) is 0 Å². The van der Waals surface area contributed by atoms with Crippen molar-refractivity contribution in [2.24, 2.45) is 11.1 Å². The number of nitrogens with one attached hydrogen (secondary N) is 1. The van der Waals surface area contributed by atoms with Gasteiger partial charge in [0.2, 0.25) is 0 Å². The maximum atomic E-state index is 11.1. The Bertz CT molecular complexity index is 457. The second-order valence-electron chi connectivity index (χ2n) is 5.84. The summed E-state index contributed by atoms with van der Waals surface area (Å²) in [4.78, 5) is 0. The second-order valence-corrected chi connectivity index (χ2v) is 5.84.